The molecule has 0 saturated carbocycles. The third kappa shape index (κ3) is 3.98. The summed E-state index contributed by atoms with van der Waals surface area (Å²) >= 11 is 0. The highest BCUT2D eigenvalue weighted by Crippen LogP contribution is 2.23. The molecule has 0 radical (unpaired) electrons. The van der Waals surface area contributed by atoms with Crippen molar-refractivity contribution in [2.45, 2.75) is 33.7 Å². The Hall–Kier alpha value is -2.70. The summed E-state index contributed by atoms with van der Waals surface area (Å²) in [4.78, 5) is 4.05. The lowest BCUT2D eigenvalue weighted by molar-refractivity contribution is 0.357. The van der Waals surface area contributed by atoms with Crippen LogP contribution in [0.5, 0.6) is 0 Å². The zero-order valence-electron chi connectivity index (χ0n) is 14.4. The molecule has 0 amide bonds. The van der Waals surface area contributed by atoms with Crippen LogP contribution in [0.15, 0.2) is 35.1 Å². The Labute approximate surface area is 141 Å². The summed E-state index contributed by atoms with van der Waals surface area (Å²) in [6, 6.07) is 4.32. The van der Waals surface area contributed by atoms with E-state index in [2.05, 4.69) is 46.4 Å². The molecular weight excluding hydrogens is 304 g/mol. The molecule has 0 spiro atoms. The Kier molecular flexibility index (Phi) is 4.33. The molecule has 0 aliphatic carbocycles. The van der Waals surface area contributed by atoms with Crippen molar-refractivity contribution >= 4 is 6.01 Å². The van der Waals surface area contributed by atoms with Crippen LogP contribution in [0.2, 0.25) is 0 Å². The number of pyridine rings is 1. The molecule has 7 nitrogen and oxygen atoms in total. The molecule has 3 aromatic heterocycles. The molecule has 126 valence electrons. The molecule has 1 N–H and O–H groups in total. The van der Waals surface area contributed by atoms with E-state index in [1.807, 2.05) is 25.4 Å². The molecule has 0 fully saturated rings. The van der Waals surface area contributed by atoms with Gasteiger partial charge in [0.1, 0.15) is 0 Å². The highest BCUT2D eigenvalue weighted by Gasteiger charge is 2.17. The van der Waals surface area contributed by atoms with Crippen molar-refractivity contribution in [3.63, 3.8) is 0 Å². The largest absolute Gasteiger partial charge is 0.408 e. The fourth-order valence-corrected chi connectivity index (χ4v) is 2.44. The third-order valence-electron chi connectivity index (χ3n) is 3.44. The summed E-state index contributed by atoms with van der Waals surface area (Å²) in [7, 11) is 1.91. The average molecular weight is 326 g/mol. The Morgan fingerprint density at radius 1 is 1.17 bits per heavy atom. The van der Waals surface area contributed by atoms with E-state index in [1.165, 1.54) is 0 Å². The summed E-state index contributed by atoms with van der Waals surface area (Å²) in [6.07, 6.45) is 6.25. The van der Waals surface area contributed by atoms with Gasteiger partial charge in [-0.1, -0.05) is 25.9 Å². The van der Waals surface area contributed by atoms with Crippen LogP contribution in [0.4, 0.5) is 6.01 Å². The standard InChI is InChI=1S/C17H22N6O/c1-17(2,3)9-14-20-21-16(24-14)19-10-13-11-23(4)22-15(13)12-5-7-18-8-6-12/h5-8,11H,9-10H2,1-4H3,(H,19,21). The first-order chi connectivity index (χ1) is 11.4. The maximum atomic E-state index is 5.66. The van der Waals surface area contributed by atoms with Gasteiger partial charge < -0.3 is 9.73 Å². The van der Waals surface area contributed by atoms with Gasteiger partial charge in [0.15, 0.2) is 0 Å². The molecule has 3 heterocycles. The summed E-state index contributed by atoms with van der Waals surface area (Å²) < 4.78 is 7.46. The van der Waals surface area contributed by atoms with Crippen molar-refractivity contribution in [1.82, 2.24) is 25.0 Å². The first kappa shape index (κ1) is 16.2. The maximum Gasteiger partial charge on any atom is 0.315 e. The fourth-order valence-electron chi connectivity index (χ4n) is 2.44. The Bertz CT molecular complexity index is 800. The molecule has 0 aliphatic rings. The highest BCUT2D eigenvalue weighted by molar-refractivity contribution is 5.62. The van der Waals surface area contributed by atoms with Crippen LogP contribution in [-0.4, -0.2) is 25.0 Å². The second-order valence-electron chi connectivity index (χ2n) is 7.00. The van der Waals surface area contributed by atoms with Crippen molar-refractivity contribution in [1.29, 1.82) is 0 Å². The lowest BCUT2D eigenvalue weighted by atomic mass is 9.92. The van der Waals surface area contributed by atoms with Crippen molar-refractivity contribution in [2.24, 2.45) is 12.5 Å². The van der Waals surface area contributed by atoms with Gasteiger partial charge in [-0.2, -0.15) is 5.10 Å². The molecule has 0 aromatic carbocycles. The number of aryl methyl sites for hydroxylation is 1. The van der Waals surface area contributed by atoms with Crippen LogP contribution in [0.25, 0.3) is 11.3 Å². The Morgan fingerprint density at radius 3 is 2.62 bits per heavy atom. The average Bonchev–Trinajstić information content (AvgIpc) is 3.10. The molecule has 0 atom stereocenters. The van der Waals surface area contributed by atoms with E-state index in [1.54, 1.807) is 17.1 Å². The van der Waals surface area contributed by atoms with E-state index >= 15 is 0 Å². The van der Waals surface area contributed by atoms with Crippen LogP contribution in [-0.2, 0) is 20.0 Å². The van der Waals surface area contributed by atoms with Crippen LogP contribution in [0, 0.1) is 5.41 Å². The Balaban J connectivity index is 1.72. The van der Waals surface area contributed by atoms with E-state index < -0.39 is 0 Å². The second-order valence-corrected chi connectivity index (χ2v) is 7.00. The zero-order valence-corrected chi connectivity index (χ0v) is 14.4. The highest BCUT2D eigenvalue weighted by atomic mass is 16.4. The molecule has 0 bridgehead atoms. The van der Waals surface area contributed by atoms with E-state index in [-0.39, 0.29) is 5.41 Å². The number of rotatable bonds is 5. The van der Waals surface area contributed by atoms with E-state index in [4.69, 9.17) is 4.42 Å². The lowest BCUT2D eigenvalue weighted by Gasteiger charge is -2.14. The van der Waals surface area contributed by atoms with Crippen molar-refractivity contribution in [3.8, 4) is 11.3 Å². The zero-order chi connectivity index (χ0) is 17.2. The van der Waals surface area contributed by atoms with Crippen LogP contribution >= 0.6 is 0 Å². The van der Waals surface area contributed by atoms with Gasteiger partial charge in [-0.15, -0.1) is 5.10 Å². The summed E-state index contributed by atoms with van der Waals surface area (Å²) in [5, 5.41) is 15.9. The topological polar surface area (TPSA) is 81.7 Å². The predicted octanol–water partition coefficient (Wildman–Crippen LogP) is 3.07. The number of nitrogens with one attached hydrogen (secondary N) is 1. The van der Waals surface area contributed by atoms with Crippen LogP contribution in [0.1, 0.15) is 32.2 Å². The van der Waals surface area contributed by atoms with Crippen molar-refractivity contribution < 1.29 is 4.42 Å². The summed E-state index contributed by atoms with van der Waals surface area (Å²) in [5.74, 6) is 0.644. The van der Waals surface area contributed by atoms with E-state index in [0.29, 0.717) is 18.5 Å². The van der Waals surface area contributed by atoms with Gasteiger partial charge in [0.05, 0.1) is 5.69 Å². The number of hydrogen-bond acceptors (Lipinski definition) is 6. The minimum absolute atomic E-state index is 0.113. The van der Waals surface area contributed by atoms with Gasteiger partial charge in [-0.3, -0.25) is 9.67 Å². The number of anilines is 1. The first-order valence-corrected chi connectivity index (χ1v) is 7.90. The normalized spacial score (nSPS) is 11.7. The minimum Gasteiger partial charge on any atom is -0.408 e. The quantitative estimate of drug-likeness (QED) is 0.776. The molecule has 3 aromatic rings. The molecular formula is C17H22N6O. The lowest BCUT2D eigenvalue weighted by Crippen LogP contribution is -2.09. The third-order valence-corrected chi connectivity index (χ3v) is 3.44. The second kappa shape index (κ2) is 6.43. The monoisotopic (exact) mass is 326 g/mol. The number of nitrogens with zero attached hydrogens (tertiary/aromatic N) is 5. The molecule has 7 heteroatoms. The van der Waals surface area contributed by atoms with Crippen LogP contribution < -0.4 is 5.32 Å². The fraction of sp³-hybridized carbons (Fsp3) is 0.412. The van der Waals surface area contributed by atoms with Crippen LogP contribution in [0.3, 0.4) is 0 Å². The van der Waals surface area contributed by atoms with E-state index in [0.717, 1.165) is 23.2 Å². The maximum absolute atomic E-state index is 5.66. The van der Waals surface area contributed by atoms with Gasteiger partial charge >= 0.3 is 6.01 Å². The molecule has 0 saturated heterocycles. The summed E-state index contributed by atoms with van der Waals surface area (Å²) in [5.41, 5.74) is 3.12. The smallest absolute Gasteiger partial charge is 0.315 e. The summed E-state index contributed by atoms with van der Waals surface area (Å²) in [6.45, 7) is 6.98. The minimum atomic E-state index is 0.113. The number of aromatic nitrogens is 5. The van der Waals surface area contributed by atoms with Gasteiger partial charge in [-0.05, 0) is 17.5 Å². The van der Waals surface area contributed by atoms with Crippen molar-refractivity contribution in [2.75, 3.05) is 5.32 Å². The van der Waals surface area contributed by atoms with Crippen molar-refractivity contribution in [3.05, 3.63) is 42.2 Å². The van der Waals surface area contributed by atoms with Gasteiger partial charge in [0.2, 0.25) is 5.89 Å². The molecule has 24 heavy (non-hydrogen) atoms. The van der Waals surface area contributed by atoms with Gasteiger partial charge in [-0.25, -0.2) is 0 Å². The van der Waals surface area contributed by atoms with Gasteiger partial charge in [0, 0.05) is 49.7 Å². The molecule has 0 aliphatic heterocycles. The predicted molar refractivity (Wildman–Crippen MR) is 91.2 cm³/mol. The molecule has 3 rings (SSSR count). The Morgan fingerprint density at radius 2 is 1.92 bits per heavy atom. The number of hydrogen-bond donors (Lipinski definition) is 1. The van der Waals surface area contributed by atoms with Gasteiger partial charge in [0.25, 0.3) is 0 Å². The van der Waals surface area contributed by atoms with E-state index in [9.17, 15) is 0 Å². The SMILES string of the molecule is Cn1cc(CNc2nnc(CC(C)(C)C)o2)c(-c2ccncc2)n1. The first-order valence-electron chi connectivity index (χ1n) is 7.90. The molecule has 0 unspecified atom stereocenters.